The van der Waals surface area contributed by atoms with Crippen LogP contribution in [0.1, 0.15) is 0 Å². The Balaban J connectivity index is 3.43. The molecule has 1 aromatic heterocycles. The summed E-state index contributed by atoms with van der Waals surface area (Å²) in [5.41, 5.74) is 4.29. The monoisotopic (exact) mass is 162 g/mol. The Hall–Kier alpha value is -1.03. The minimum Gasteiger partial charge on any atom is -0.394 e. The second-order valence-electron chi connectivity index (χ2n) is 1.72. The van der Waals surface area contributed by atoms with Crippen LogP contribution in [0.3, 0.4) is 0 Å². The molecule has 0 aliphatic heterocycles. The molecular weight excluding hydrogens is 159 g/mol. The number of rotatable bonds is 0. The van der Waals surface area contributed by atoms with E-state index in [0.29, 0.717) is 0 Å². The molecule has 3 N–H and O–H groups in total. The van der Waals surface area contributed by atoms with Crippen molar-refractivity contribution in [2.75, 3.05) is 5.73 Å². The average molecular weight is 163 g/mol. The number of nitrogen functional groups attached to an aromatic ring is 1. The van der Waals surface area contributed by atoms with Crippen molar-refractivity contribution in [3.05, 3.63) is 27.4 Å². The van der Waals surface area contributed by atoms with Crippen molar-refractivity contribution in [2.45, 2.75) is 0 Å². The van der Waals surface area contributed by atoms with Gasteiger partial charge in [-0.15, -0.1) is 0 Å². The van der Waals surface area contributed by atoms with Gasteiger partial charge < -0.3 is 10.7 Å². The number of nitrogens with one attached hydrogen (secondary N) is 1. The van der Waals surface area contributed by atoms with Crippen molar-refractivity contribution < 1.29 is 4.39 Å². The smallest absolute Gasteiger partial charge is 0.272 e. The summed E-state index contributed by atoms with van der Waals surface area (Å²) in [6, 6.07) is 0.876. The lowest BCUT2D eigenvalue weighted by molar-refractivity contribution is 0.621. The van der Waals surface area contributed by atoms with Crippen molar-refractivity contribution in [3.63, 3.8) is 0 Å². The molecule has 0 atom stereocenters. The molecule has 0 bridgehead atoms. The molecule has 54 valence electrons. The van der Waals surface area contributed by atoms with Crippen molar-refractivity contribution in [1.82, 2.24) is 4.98 Å². The maximum atomic E-state index is 12.4. The molecule has 0 saturated heterocycles. The van der Waals surface area contributed by atoms with Crippen LogP contribution in [0.25, 0.3) is 0 Å². The summed E-state index contributed by atoms with van der Waals surface area (Å²) >= 11 is 5.20. The van der Waals surface area contributed by atoms with E-state index in [4.69, 9.17) is 17.3 Å². The van der Waals surface area contributed by atoms with Crippen LogP contribution in [-0.4, -0.2) is 4.98 Å². The standard InChI is InChI=1S/C5H4ClFN2O/c6-4-2(7)1-3(8)5(10)9-4/h1H,8H2,(H,9,10). The third kappa shape index (κ3) is 1.11. The van der Waals surface area contributed by atoms with E-state index in [1.54, 1.807) is 0 Å². The Morgan fingerprint density at radius 2 is 2.30 bits per heavy atom. The number of hydrogen-bond donors (Lipinski definition) is 2. The Morgan fingerprint density at radius 1 is 1.70 bits per heavy atom. The average Bonchev–Trinajstić information content (AvgIpc) is 1.84. The molecule has 0 aromatic carbocycles. The van der Waals surface area contributed by atoms with Crippen molar-refractivity contribution in [3.8, 4) is 0 Å². The van der Waals surface area contributed by atoms with Gasteiger partial charge in [0.15, 0.2) is 5.82 Å². The van der Waals surface area contributed by atoms with Gasteiger partial charge in [0.05, 0.1) is 0 Å². The van der Waals surface area contributed by atoms with Gasteiger partial charge in [-0.3, -0.25) is 4.79 Å². The fraction of sp³-hybridized carbons (Fsp3) is 0. The zero-order valence-corrected chi connectivity index (χ0v) is 5.57. The van der Waals surface area contributed by atoms with Gasteiger partial charge in [-0.1, -0.05) is 11.6 Å². The van der Waals surface area contributed by atoms with Crippen LogP contribution >= 0.6 is 11.6 Å². The maximum absolute atomic E-state index is 12.4. The SMILES string of the molecule is Nc1cc(F)c(Cl)[nH]c1=O. The first-order chi connectivity index (χ1) is 4.61. The highest BCUT2D eigenvalue weighted by Gasteiger charge is 2.01. The number of halogens is 2. The molecule has 0 saturated carbocycles. The van der Waals surface area contributed by atoms with Crippen LogP contribution in [0.15, 0.2) is 10.9 Å². The van der Waals surface area contributed by atoms with Gasteiger partial charge in [-0.25, -0.2) is 4.39 Å². The molecule has 1 heterocycles. The summed E-state index contributed by atoms with van der Waals surface area (Å²) in [4.78, 5) is 12.6. The van der Waals surface area contributed by atoms with Crippen LogP contribution in [0.2, 0.25) is 5.15 Å². The maximum Gasteiger partial charge on any atom is 0.272 e. The minimum atomic E-state index is -0.723. The summed E-state index contributed by atoms with van der Waals surface area (Å²) in [6.45, 7) is 0. The summed E-state index contributed by atoms with van der Waals surface area (Å²) in [7, 11) is 0. The van der Waals surface area contributed by atoms with Crippen LogP contribution in [-0.2, 0) is 0 Å². The summed E-state index contributed by atoms with van der Waals surface area (Å²) in [5.74, 6) is -0.723. The fourth-order valence-electron chi connectivity index (χ4n) is 0.497. The number of hydrogen-bond acceptors (Lipinski definition) is 2. The molecule has 0 spiro atoms. The third-order valence-electron chi connectivity index (χ3n) is 0.977. The number of aromatic amines is 1. The van der Waals surface area contributed by atoms with Crippen LogP contribution in [0.4, 0.5) is 10.1 Å². The first kappa shape index (κ1) is 7.08. The van der Waals surface area contributed by atoms with Crippen LogP contribution in [0.5, 0.6) is 0 Å². The van der Waals surface area contributed by atoms with Crippen molar-refractivity contribution in [1.29, 1.82) is 0 Å². The Bertz CT molecular complexity index is 309. The quantitative estimate of drug-likeness (QED) is 0.553. The molecule has 3 nitrogen and oxygen atoms in total. The van der Waals surface area contributed by atoms with Crippen LogP contribution in [0, 0.1) is 5.82 Å². The predicted octanol–water partition coefficient (Wildman–Crippen LogP) is 0.750. The fourth-order valence-corrected chi connectivity index (χ4v) is 0.637. The predicted molar refractivity (Wildman–Crippen MR) is 36.4 cm³/mol. The molecule has 0 aliphatic carbocycles. The van der Waals surface area contributed by atoms with Gasteiger partial charge in [-0.05, 0) is 0 Å². The minimum absolute atomic E-state index is 0.179. The zero-order chi connectivity index (χ0) is 7.72. The molecule has 5 heteroatoms. The molecular formula is C5H4ClFN2O. The number of aromatic nitrogens is 1. The first-order valence-electron chi connectivity index (χ1n) is 2.45. The topological polar surface area (TPSA) is 58.9 Å². The molecule has 1 aromatic rings. The van der Waals surface area contributed by atoms with Gasteiger partial charge >= 0.3 is 0 Å². The first-order valence-corrected chi connectivity index (χ1v) is 2.83. The largest absolute Gasteiger partial charge is 0.394 e. The Morgan fingerprint density at radius 3 is 2.80 bits per heavy atom. The van der Waals surface area contributed by atoms with E-state index >= 15 is 0 Å². The molecule has 0 amide bonds. The zero-order valence-electron chi connectivity index (χ0n) is 4.82. The van der Waals surface area contributed by atoms with Crippen molar-refractivity contribution in [2.24, 2.45) is 0 Å². The van der Waals surface area contributed by atoms with E-state index in [2.05, 4.69) is 0 Å². The lowest BCUT2D eigenvalue weighted by Gasteiger charge is -1.93. The Kier molecular flexibility index (Phi) is 1.63. The lowest BCUT2D eigenvalue weighted by atomic mass is 10.4. The van der Waals surface area contributed by atoms with Gasteiger partial charge in [0.25, 0.3) is 5.56 Å². The second-order valence-corrected chi connectivity index (χ2v) is 2.09. The van der Waals surface area contributed by atoms with E-state index in [1.165, 1.54) is 0 Å². The molecule has 1 rings (SSSR count). The summed E-state index contributed by atoms with van der Waals surface area (Å²) in [6.07, 6.45) is 0. The van der Waals surface area contributed by atoms with E-state index in [-0.39, 0.29) is 10.8 Å². The van der Waals surface area contributed by atoms with E-state index in [9.17, 15) is 9.18 Å². The van der Waals surface area contributed by atoms with E-state index in [1.807, 2.05) is 4.98 Å². The highest BCUT2D eigenvalue weighted by Crippen LogP contribution is 2.08. The molecule has 10 heavy (non-hydrogen) atoms. The lowest BCUT2D eigenvalue weighted by Crippen LogP contribution is -2.12. The van der Waals surface area contributed by atoms with E-state index < -0.39 is 11.4 Å². The molecule has 0 fully saturated rings. The van der Waals surface area contributed by atoms with Gasteiger partial charge in [0, 0.05) is 6.07 Å². The number of pyridine rings is 1. The number of H-pyrrole nitrogens is 1. The van der Waals surface area contributed by atoms with Crippen molar-refractivity contribution >= 4 is 17.3 Å². The number of nitrogens with two attached hydrogens (primary N) is 1. The van der Waals surface area contributed by atoms with Gasteiger partial charge in [0.2, 0.25) is 0 Å². The normalized spacial score (nSPS) is 9.80. The van der Waals surface area contributed by atoms with Gasteiger partial charge in [-0.2, -0.15) is 0 Å². The highest BCUT2D eigenvalue weighted by molar-refractivity contribution is 6.29. The number of anilines is 1. The second kappa shape index (κ2) is 2.30. The summed E-state index contributed by atoms with van der Waals surface area (Å²) in [5, 5.41) is -0.320. The van der Waals surface area contributed by atoms with Gasteiger partial charge in [0.1, 0.15) is 10.8 Å². The van der Waals surface area contributed by atoms with E-state index in [0.717, 1.165) is 6.07 Å². The Labute approximate surface area is 60.6 Å². The molecule has 0 aliphatic rings. The third-order valence-corrected chi connectivity index (χ3v) is 1.25. The molecule has 0 unspecified atom stereocenters. The van der Waals surface area contributed by atoms with Crippen LogP contribution < -0.4 is 11.3 Å². The summed E-state index contributed by atoms with van der Waals surface area (Å²) < 4.78 is 12.4. The highest BCUT2D eigenvalue weighted by atomic mass is 35.5. The molecule has 0 radical (unpaired) electrons.